The van der Waals surface area contributed by atoms with E-state index in [1.54, 1.807) is 6.07 Å². The van der Waals surface area contributed by atoms with E-state index < -0.39 is 0 Å². The van der Waals surface area contributed by atoms with Gasteiger partial charge in [0.15, 0.2) is 0 Å². The lowest BCUT2D eigenvalue weighted by Crippen LogP contribution is -2.00. The van der Waals surface area contributed by atoms with Crippen LogP contribution in [-0.2, 0) is 12.8 Å². The fourth-order valence-electron chi connectivity index (χ4n) is 2.23. The normalized spacial score (nSPS) is 15.8. The van der Waals surface area contributed by atoms with Crippen LogP contribution in [0.15, 0.2) is 12.1 Å². The summed E-state index contributed by atoms with van der Waals surface area (Å²) in [6, 6.07) is 3.18. The van der Waals surface area contributed by atoms with Crippen LogP contribution in [0.25, 0.3) is 11.0 Å². The van der Waals surface area contributed by atoms with Gasteiger partial charge in [-0.3, -0.25) is 0 Å². The van der Waals surface area contributed by atoms with Crippen LogP contribution in [0.3, 0.4) is 0 Å². The third-order valence-corrected chi connectivity index (χ3v) is 2.90. The largest absolute Gasteiger partial charge is 0.357 e. The molecule has 0 unspecified atom stereocenters. The molecule has 0 saturated carbocycles. The fraction of sp³-hybridized carbons (Fsp3) is 0.364. The van der Waals surface area contributed by atoms with E-state index in [2.05, 4.69) is 9.97 Å². The van der Waals surface area contributed by atoms with E-state index >= 15 is 0 Å². The molecule has 1 N–H and O–H groups in total. The minimum atomic E-state index is -0.384. The number of fused-ring (bicyclic) bond motifs is 3. The molecule has 0 radical (unpaired) electrons. The van der Waals surface area contributed by atoms with Gasteiger partial charge in [-0.2, -0.15) is 4.39 Å². The Bertz CT molecular complexity index is 487. The number of aromatic nitrogens is 2. The zero-order valence-electron chi connectivity index (χ0n) is 7.81. The minimum absolute atomic E-state index is 0.384. The van der Waals surface area contributed by atoms with Crippen molar-refractivity contribution in [3.8, 4) is 0 Å². The van der Waals surface area contributed by atoms with E-state index in [0.29, 0.717) is 0 Å². The summed E-state index contributed by atoms with van der Waals surface area (Å²) in [5.41, 5.74) is 4.29. The molecular formula is C11H11FN2. The summed E-state index contributed by atoms with van der Waals surface area (Å²) in [5, 5.41) is 0. The molecule has 1 aliphatic rings. The van der Waals surface area contributed by atoms with Gasteiger partial charge in [-0.05, 0) is 43.4 Å². The number of aryl methyl sites for hydroxylation is 2. The number of hydrogen-bond donors (Lipinski definition) is 1. The minimum Gasteiger partial charge on any atom is -0.357 e. The smallest absolute Gasteiger partial charge is 0.213 e. The Balaban J connectivity index is 2.32. The number of aromatic amines is 1. The van der Waals surface area contributed by atoms with Crippen molar-refractivity contribution in [1.29, 1.82) is 0 Å². The maximum Gasteiger partial charge on any atom is 0.213 e. The van der Waals surface area contributed by atoms with Gasteiger partial charge in [0.25, 0.3) is 0 Å². The molecule has 0 fully saturated rings. The molecule has 2 aromatic heterocycles. The lowest BCUT2D eigenvalue weighted by molar-refractivity contribution is 0.588. The number of nitrogens with zero attached hydrogens (tertiary/aromatic N) is 1. The zero-order valence-corrected chi connectivity index (χ0v) is 7.81. The molecule has 0 bridgehead atoms. The van der Waals surface area contributed by atoms with Crippen LogP contribution in [-0.4, -0.2) is 9.97 Å². The molecule has 14 heavy (non-hydrogen) atoms. The molecule has 0 saturated heterocycles. The van der Waals surface area contributed by atoms with Crippen molar-refractivity contribution in [2.75, 3.05) is 0 Å². The average Bonchev–Trinajstić information content (AvgIpc) is 2.56. The van der Waals surface area contributed by atoms with Crippen molar-refractivity contribution in [3.05, 3.63) is 29.3 Å². The zero-order chi connectivity index (χ0) is 9.54. The van der Waals surface area contributed by atoms with Crippen LogP contribution >= 0.6 is 0 Å². The summed E-state index contributed by atoms with van der Waals surface area (Å²) in [7, 11) is 0. The Morgan fingerprint density at radius 3 is 3.00 bits per heavy atom. The van der Waals surface area contributed by atoms with E-state index in [1.807, 2.05) is 0 Å². The maximum absolute atomic E-state index is 13.0. The highest BCUT2D eigenvalue weighted by atomic mass is 19.1. The average molecular weight is 190 g/mol. The topological polar surface area (TPSA) is 28.7 Å². The van der Waals surface area contributed by atoms with E-state index in [9.17, 15) is 4.39 Å². The highest BCUT2D eigenvalue weighted by molar-refractivity contribution is 5.80. The van der Waals surface area contributed by atoms with E-state index in [1.165, 1.54) is 30.2 Å². The van der Waals surface area contributed by atoms with Crippen LogP contribution in [0.4, 0.5) is 4.39 Å². The first-order valence-corrected chi connectivity index (χ1v) is 5.00. The van der Waals surface area contributed by atoms with Crippen molar-refractivity contribution in [2.45, 2.75) is 25.7 Å². The van der Waals surface area contributed by atoms with E-state index in [4.69, 9.17) is 0 Å². The molecule has 2 nitrogen and oxygen atoms in total. The molecule has 3 heteroatoms. The lowest BCUT2D eigenvalue weighted by atomic mass is 9.97. The van der Waals surface area contributed by atoms with Gasteiger partial charge < -0.3 is 4.98 Å². The number of H-pyrrole nitrogens is 1. The second kappa shape index (κ2) is 2.80. The van der Waals surface area contributed by atoms with Gasteiger partial charge in [0.05, 0.1) is 11.0 Å². The van der Waals surface area contributed by atoms with Crippen LogP contribution < -0.4 is 0 Å². The highest BCUT2D eigenvalue weighted by Crippen LogP contribution is 2.27. The number of halogens is 1. The van der Waals surface area contributed by atoms with Crippen LogP contribution in [0.2, 0.25) is 0 Å². The van der Waals surface area contributed by atoms with Crippen molar-refractivity contribution < 1.29 is 4.39 Å². The standard InChI is InChI=1S/C11H11FN2/c12-10-6-5-9-11(14-10)7-3-1-2-4-8(7)13-9/h5-6,13H,1-4H2. The van der Waals surface area contributed by atoms with Gasteiger partial charge in [0.1, 0.15) is 0 Å². The lowest BCUT2D eigenvalue weighted by Gasteiger charge is -2.09. The second-order valence-corrected chi connectivity index (χ2v) is 3.82. The van der Waals surface area contributed by atoms with Crippen LogP contribution in [0, 0.1) is 5.95 Å². The molecule has 2 aromatic rings. The van der Waals surface area contributed by atoms with Crippen LogP contribution in [0.5, 0.6) is 0 Å². The quantitative estimate of drug-likeness (QED) is 0.635. The van der Waals surface area contributed by atoms with Crippen molar-refractivity contribution >= 4 is 11.0 Å². The Morgan fingerprint density at radius 2 is 2.07 bits per heavy atom. The Kier molecular flexibility index (Phi) is 1.60. The van der Waals surface area contributed by atoms with Gasteiger partial charge in [-0.1, -0.05) is 0 Å². The van der Waals surface area contributed by atoms with Crippen molar-refractivity contribution in [3.63, 3.8) is 0 Å². The molecule has 3 rings (SSSR count). The van der Waals surface area contributed by atoms with Gasteiger partial charge in [0, 0.05) is 5.69 Å². The first-order chi connectivity index (χ1) is 6.84. The molecule has 0 aromatic carbocycles. The first-order valence-electron chi connectivity index (χ1n) is 5.00. The summed E-state index contributed by atoms with van der Waals surface area (Å²) in [6.45, 7) is 0. The predicted octanol–water partition coefficient (Wildman–Crippen LogP) is 2.58. The predicted molar refractivity (Wildman–Crippen MR) is 52.7 cm³/mol. The summed E-state index contributed by atoms with van der Waals surface area (Å²) in [4.78, 5) is 7.27. The fourth-order valence-corrected chi connectivity index (χ4v) is 2.23. The second-order valence-electron chi connectivity index (χ2n) is 3.82. The molecule has 0 atom stereocenters. The third-order valence-electron chi connectivity index (χ3n) is 2.90. The summed E-state index contributed by atoms with van der Waals surface area (Å²) >= 11 is 0. The van der Waals surface area contributed by atoms with Gasteiger partial charge in [0.2, 0.25) is 5.95 Å². The summed E-state index contributed by atoms with van der Waals surface area (Å²) in [5.74, 6) is -0.384. The Hall–Kier alpha value is -1.38. The monoisotopic (exact) mass is 190 g/mol. The number of rotatable bonds is 0. The van der Waals surface area contributed by atoms with Gasteiger partial charge in [-0.15, -0.1) is 0 Å². The van der Waals surface area contributed by atoms with E-state index in [0.717, 1.165) is 23.9 Å². The van der Waals surface area contributed by atoms with Crippen molar-refractivity contribution in [2.24, 2.45) is 0 Å². The van der Waals surface area contributed by atoms with Crippen LogP contribution in [0.1, 0.15) is 24.1 Å². The number of pyridine rings is 1. The molecule has 0 aliphatic heterocycles. The van der Waals surface area contributed by atoms with Crippen molar-refractivity contribution in [1.82, 2.24) is 9.97 Å². The Labute approximate surface area is 81.2 Å². The molecule has 0 spiro atoms. The summed E-state index contributed by atoms with van der Waals surface area (Å²) in [6.07, 6.45) is 4.53. The molecule has 72 valence electrons. The molecule has 2 heterocycles. The number of nitrogens with one attached hydrogen (secondary N) is 1. The van der Waals surface area contributed by atoms with Gasteiger partial charge in [-0.25, -0.2) is 4.98 Å². The summed E-state index contributed by atoms with van der Waals surface area (Å²) < 4.78 is 13.0. The van der Waals surface area contributed by atoms with Gasteiger partial charge >= 0.3 is 0 Å². The highest BCUT2D eigenvalue weighted by Gasteiger charge is 2.16. The molecule has 1 aliphatic carbocycles. The number of hydrogen-bond acceptors (Lipinski definition) is 1. The Morgan fingerprint density at radius 1 is 1.21 bits per heavy atom. The molecular weight excluding hydrogens is 179 g/mol. The maximum atomic E-state index is 13.0. The first kappa shape index (κ1) is 7.97. The molecule has 0 amide bonds. The third kappa shape index (κ3) is 1.05. The van der Waals surface area contributed by atoms with E-state index in [-0.39, 0.29) is 5.95 Å². The SMILES string of the molecule is Fc1ccc2[nH]c3c(c2n1)CCCC3.